The Morgan fingerprint density at radius 1 is 1.47 bits per heavy atom. The maximum absolute atomic E-state index is 11.1. The molecule has 0 aliphatic heterocycles. The summed E-state index contributed by atoms with van der Waals surface area (Å²) in [6.45, 7) is 0. The number of carboxylic acid groups (broad SMARTS) is 1. The van der Waals surface area contributed by atoms with Crippen molar-refractivity contribution in [3.8, 4) is 0 Å². The molecule has 0 radical (unpaired) electrons. The summed E-state index contributed by atoms with van der Waals surface area (Å²) >= 11 is 5.77. The Morgan fingerprint density at radius 2 is 2.12 bits per heavy atom. The van der Waals surface area contributed by atoms with Gasteiger partial charge in [0.15, 0.2) is 0 Å². The van der Waals surface area contributed by atoms with E-state index in [0.29, 0.717) is 10.6 Å². The third kappa shape index (κ3) is 4.75. The minimum atomic E-state index is -3.17. The Labute approximate surface area is 105 Å². The fourth-order valence-electron chi connectivity index (χ4n) is 1.49. The highest BCUT2D eigenvalue weighted by Crippen LogP contribution is 2.23. The van der Waals surface area contributed by atoms with Crippen molar-refractivity contribution in [1.29, 1.82) is 0 Å². The van der Waals surface area contributed by atoms with Crippen molar-refractivity contribution in [3.05, 3.63) is 34.9 Å². The average Bonchev–Trinajstić information content (AvgIpc) is 2.15. The molecule has 17 heavy (non-hydrogen) atoms. The molecule has 1 N–H and O–H groups in total. The van der Waals surface area contributed by atoms with Gasteiger partial charge in [0, 0.05) is 11.3 Å². The minimum absolute atomic E-state index is 0.0501. The zero-order valence-corrected chi connectivity index (χ0v) is 10.8. The third-order valence-corrected chi connectivity index (χ3v) is 3.54. The first-order chi connectivity index (χ1) is 7.79. The van der Waals surface area contributed by atoms with Gasteiger partial charge in [-0.05, 0) is 24.1 Å². The number of halogens is 1. The molecule has 0 heterocycles. The SMILES string of the molecule is CS(=O)(=O)CCC(C(=O)O)c1cccc(Cl)c1. The molecule has 94 valence electrons. The van der Waals surface area contributed by atoms with Crippen LogP contribution in [0.2, 0.25) is 5.02 Å². The summed E-state index contributed by atoms with van der Waals surface area (Å²) in [7, 11) is -3.17. The molecule has 0 saturated heterocycles. The van der Waals surface area contributed by atoms with Gasteiger partial charge in [-0.2, -0.15) is 0 Å². The van der Waals surface area contributed by atoms with Crippen LogP contribution in [0.4, 0.5) is 0 Å². The average molecular weight is 277 g/mol. The lowest BCUT2D eigenvalue weighted by Crippen LogP contribution is -2.16. The summed E-state index contributed by atoms with van der Waals surface area (Å²) in [5.74, 6) is -2.05. The smallest absolute Gasteiger partial charge is 0.311 e. The molecule has 6 heteroatoms. The lowest BCUT2D eigenvalue weighted by atomic mass is 9.97. The van der Waals surface area contributed by atoms with Crippen molar-refractivity contribution in [1.82, 2.24) is 0 Å². The standard InChI is InChI=1S/C11H13ClO4S/c1-17(15,16)6-5-10(11(13)14)8-3-2-4-9(12)7-8/h2-4,7,10H,5-6H2,1H3,(H,13,14). The van der Waals surface area contributed by atoms with Gasteiger partial charge in [0.05, 0.1) is 11.7 Å². The van der Waals surface area contributed by atoms with Crippen LogP contribution in [0.15, 0.2) is 24.3 Å². The highest BCUT2D eigenvalue weighted by molar-refractivity contribution is 7.90. The normalized spacial score (nSPS) is 13.3. The largest absolute Gasteiger partial charge is 0.481 e. The van der Waals surface area contributed by atoms with Crippen LogP contribution in [0.5, 0.6) is 0 Å². The second-order valence-corrected chi connectivity index (χ2v) is 6.56. The lowest BCUT2D eigenvalue weighted by Gasteiger charge is -2.12. The molecule has 0 fully saturated rings. The maximum Gasteiger partial charge on any atom is 0.311 e. The van der Waals surface area contributed by atoms with Crippen LogP contribution >= 0.6 is 11.6 Å². The highest BCUT2D eigenvalue weighted by Gasteiger charge is 2.21. The lowest BCUT2D eigenvalue weighted by molar-refractivity contribution is -0.138. The molecule has 0 aromatic heterocycles. The molecule has 0 spiro atoms. The number of hydrogen-bond acceptors (Lipinski definition) is 3. The number of carbonyl (C=O) groups is 1. The van der Waals surface area contributed by atoms with E-state index in [9.17, 15) is 13.2 Å². The maximum atomic E-state index is 11.1. The van der Waals surface area contributed by atoms with Crippen molar-refractivity contribution in [2.45, 2.75) is 12.3 Å². The molecule has 0 aliphatic rings. The van der Waals surface area contributed by atoms with Crippen molar-refractivity contribution >= 4 is 27.4 Å². The summed E-state index contributed by atoms with van der Waals surface area (Å²) in [6, 6.07) is 6.46. The number of aliphatic carboxylic acids is 1. The molecule has 0 saturated carbocycles. The van der Waals surface area contributed by atoms with E-state index in [1.807, 2.05) is 0 Å². The van der Waals surface area contributed by atoms with Crippen molar-refractivity contribution in [2.24, 2.45) is 0 Å². The fraction of sp³-hybridized carbons (Fsp3) is 0.364. The molecule has 1 rings (SSSR count). The predicted molar refractivity (Wildman–Crippen MR) is 66.2 cm³/mol. The molecular weight excluding hydrogens is 264 g/mol. The Balaban J connectivity index is 2.91. The minimum Gasteiger partial charge on any atom is -0.481 e. The van der Waals surface area contributed by atoms with Gasteiger partial charge in [-0.3, -0.25) is 4.79 Å². The molecule has 0 aliphatic carbocycles. The monoisotopic (exact) mass is 276 g/mol. The number of rotatable bonds is 5. The molecule has 4 nitrogen and oxygen atoms in total. The van der Waals surface area contributed by atoms with Crippen LogP contribution in [0.1, 0.15) is 17.9 Å². The molecule has 0 bridgehead atoms. The first-order valence-electron chi connectivity index (χ1n) is 4.95. The Morgan fingerprint density at radius 3 is 2.59 bits per heavy atom. The van der Waals surface area contributed by atoms with Crippen LogP contribution in [-0.2, 0) is 14.6 Å². The summed E-state index contributed by atoms with van der Waals surface area (Å²) in [6.07, 6.45) is 1.14. The fourth-order valence-corrected chi connectivity index (χ4v) is 2.35. The Hall–Kier alpha value is -1.07. The van der Waals surface area contributed by atoms with E-state index in [4.69, 9.17) is 16.7 Å². The zero-order valence-electron chi connectivity index (χ0n) is 9.26. The summed E-state index contributed by atoms with van der Waals surface area (Å²) in [5.41, 5.74) is 0.522. The van der Waals surface area contributed by atoms with Crippen LogP contribution in [-0.4, -0.2) is 31.5 Å². The molecule has 1 aromatic rings. The highest BCUT2D eigenvalue weighted by atomic mass is 35.5. The van der Waals surface area contributed by atoms with E-state index in [0.717, 1.165) is 6.26 Å². The van der Waals surface area contributed by atoms with Gasteiger partial charge in [0.1, 0.15) is 9.84 Å². The van der Waals surface area contributed by atoms with Crippen LogP contribution in [0, 0.1) is 0 Å². The molecule has 0 amide bonds. The number of hydrogen-bond donors (Lipinski definition) is 1. The number of sulfone groups is 1. The summed E-state index contributed by atoms with van der Waals surface area (Å²) in [4.78, 5) is 11.1. The van der Waals surface area contributed by atoms with E-state index < -0.39 is 21.7 Å². The topological polar surface area (TPSA) is 71.4 Å². The zero-order chi connectivity index (χ0) is 13.1. The van der Waals surface area contributed by atoms with Gasteiger partial charge in [-0.25, -0.2) is 8.42 Å². The van der Waals surface area contributed by atoms with Gasteiger partial charge in [0.25, 0.3) is 0 Å². The number of benzene rings is 1. The van der Waals surface area contributed by atoms with Crippen molar-refractivity contribution < 1.29 is 18.3 Å². The first kappa shape index (κ1) is 14.0. The quantitative estimate of drug-likeness (QED) is 0.892. The van der Waals surface area contributed by atoms with E-state index >= 15 is 0 Å². The summed E-state index contributed by atoms with van der Waals surface area (Å²) < 4.78 is 22.1. The molecule has 1 unspecified atom stereocenters. The van der Waals surface area contributed by atoms with E-state index in [2.05, 4.69) is 0 Å². The number of carboxylic acids is 1. The second kappa shape index (κ2) is 5.51. The molecule has 1 aromatic carbocycles. The first-order valence-corrected chi connectivity index (χ1v) is 7.39. The van der Waals surface area contributed by atoms with E-state index in [1.54, 1.807) is 24.3 Å². The van der Waals surface area contributed by atoms with E-state index in [-0.39, 0.29) is 12.2 Å². The van der Waals surface area contributed by atoms with Gasteiger partial charge < -0.3 is 5.11 Å². The van der Waals surface area contributed by atoms with Gasteiger partial charge in [0.2, 0.25) is 0 Å². The Bertz CT molecular complexity index is 510. The van der Waals surface area contributed by atoms with Gasteiger partial charge in [-0.15, -0.1) is 0 Å². The molecular formula is C11H13ClO4S. The molecule has 1 atom stereocenters. The predicted octanol–water partition coefficient (Wildman–Crippen LogP) is 1.94. The Kier molecular flexibility index (Phi) is 4.54. The van der Waals surface area contributed by atoms with Gasteiger partial charge in [-0.1, -0.05) is 23.7 Å². The van der Waals surface area contributed by atoms with E-state index in [1.165, 1.54) is 0 Å². The van der Waals surface area contributed by atoms with Crippen LogP contribution in [0.25, 0.3) is 0 Å². The second-order valence-electron chi connectivity index (χ2n) is 3.86. The van der Waals surface area contributed by atoms with Crippen molar-refractivity contribution in [2.75, 3.05) is 12.0 Å². The van der Waals surface area contributed by atoms with Crippen LogP contribution in [0.3, 0.4) is 0 Å². The third-order valence-electron chi connectivity index (χ3n) is 2.33. The van der Waals surface area contributed by atoms with Crippen LogP contribution < -0.4 is 0 Å². The van der Waals surface area contributed by atoms with Gasteiger partial charge >= 0.3 is 5.97 Å². The summed E-state index contributed by atoms with van der Waals surface area (Å²) in [5, 5.41) is 9.51. The van der Waals surface area contributed by atoms with Crippen molar-refractivity contribution in [3.63, 3.8) is 0 Å².